The van der Waals surface area contributed by atoms with E-state index in [1.807, 2.05) is 12.1 Å². The van der Waals surface area contributed by atoms with Crippen LogP contribution in [0.25, 0.3) is 0 Å². The van der Waals surface area contributed by atoms with E-state index in [2.05, 4.69) is 11.5 Å². The van der Waals surface area contributed by atoms with Crippen molar-refractivity contribution >= 4 is 5.69 Å². The lowest BCUT2D eigenvalue weighted by atomic mass is 10.1. The summed E-state index contributed by atoms with van der Waals surface area (Å²) in [5.41, 5.74) is 1.97. The Balaban J connectivity index is 1.82. The average molecular weight is 299 g/mol. The third-order valence-corrected chi connectivity index (χ3v) is 3.73. The van der Waals surface area contributed by atoms with E-state index >= 15 is 0 Å². The molecule has 22 heavy (non-hydrogen) atoms. The Morgan fingerprint density at radius 2 is 2.05 bits per heavy atom. The Labute approximate surface area is 129 Å². The monoisotopic (exact) mass is 299 g/mol. The van der Waals surface area contributed by atoms with E-state index in [-0.39, 0.29) is 17.7 Å². The number of rotatable bonds is 4. The maximum atomic E-state index is 13.0. The van der Waals surface area contributed by atoms with Gasteiger partial charge in [0.25, 0.3) is 0 Å². The zero-order chi connectivity index (χ0) is 15.5. The van der Waals surface area contributed by atoms with Crippen LogP contribution in [0.4, 0.5) is 10.1 Å². The Morgan fingerprint density at radius 1 is 1.27 bits per heavy atom. The average Bonchev–Trinajstić information content (AvgIpc) is 2.49. The highest BCUT2D eigenvalue weighted by Gasteiger charge is 2.25. The summed E-state index contributed by atoms with van der Waals surface area (Å²) in [6.45, 7) is 5.22. The van der Waals surface area contributed by atoms with Crippen LogP contribution in [0.5, 0.6) is 11.5 Å². The number of hydrogen-bond acceptors (Lipinski definition) is 3. The van der Waals surface area contributed by atoms with Crippen molar-refractivity contribution in [2.75, 3.05) is 18.0 Å². The van der Waals surface area contributed by atoms with Crippen LogP contribution >= 0.6 is 0 Å². The first kappa shape index (κ1) is 14.4. The fourth-order valence-electron chi connectivity index (χ4n) is 2.74. The zero-order valence-corrected chi connectivity index (χ0v) is 12.2. The molecule has 0 radical (unpaired) electrons. The molecule has 1 N–H and O–H groups in total. The molecule has 1 aliphatic heterocycles. The summed E-state index contributed by atoms with van der Waals surface area (Å²) in [6.07, 6.45) is 2.47. The van der Waals surface area contributed by atoms with E-state index in [9.17, 15) is 9.50 Å². The Kier molecular flexibility index (Phi) is 4.00. The van der Waals surface area contributed by atoms with Crippen molar-refractivity contribution in [3.8, 4) is 11.5 Å². The van der Waals surface area contributed by atoms with E-state index in [0.29, 0.717) is 18.7 Å². The Morgan fingerprint density at radius 3 is 2.77 bits per heavy atom. The van der Waals surface area contributed by atoms with Crippen LogP contribution in [0.3, 0.4) is 0 Å². The van der Waals surface area contributed by atoms with Crippen LogP contribution in [0.1, 0.15) is 5.56 Å². The summed E-state index contributed by atoms with van der Waals surface area (Å²) < 4.78 is 19.0. The number of hydrogen-bond donors (Lipinski definition) is 1. The number of aromatic hydroxyl groups is 1. The Bertz CT molecular complexity index is 669. The summed E-state index contributed by atoms with van der Waals surface area (Å²) in [5, 5.41) is 9.65. The van der Waals surface area contributed by atoms with Gasteiger partial charge in [0, 0.05) is 19.0 Å². The van der Waals surface area contributed by atoms with E-state index in [4.69, 9.17) is 4.74 Å². The molecule has 0 aliphatic carbocycles. The molecule has 114 valence electrons. The van der Waals surface area contributed by atoms with Gasteiger partial charge in [0.05, 0.1) is 12.2 Å². The Hall–Kier alpha value is -2.49. The third-order valence-electron chi connectivity index (χ3n) is 3.73. The fraction of sp³-hybridized carbons (Fsp3) is 0.222. The smallest absolute Gasteiger partial charge is 0.146 e. The van der Waals surface area contributed by atoms with Crippen LogP contribution < -0.4 is 9.64 Å². The van der Waals surface area contributed by atoms with Crippen LogP contribution in [-0.4, -0.2) is 24.3 Å². The summed E-state index contributed by atoms with van der Waals surface area (Å²) in [7, 11) is 0. The molecule has 1 atom stereocenters. The molecule has 1 heterocycles. The van der Waals surface area contributed by atoms with E-state index in [1.54, 1.807) is 24.3 Å². The van der Waals surface area contributed by atoms with Gasteiger partial charge in [0.15, 0.2) is 0 Å². The van der Waals surface area contributed by atoms with Gasteiger partial charge in [0.2, 0.25) is 0 Å². The number of nitrogens with zero attached hydrogens (tertiary/aromatic N) is 1. The number of benzene rings is 2. The molecule has 0 spiro atoms. The summed E-state index contributed by atoms with van der Waals surface area (Å²) in [6, 6.07) is 11.6. The van der Waals surface area contributed by atoms with E-state index in [0.717, 1.165) is 17.8 Å². The van der Waals surface area contributed by atoms with Gasteiger partial charge in [-0.25, -0.2) is 4.39 Å². The number of phenolic OH excluding ortho intramolecular Hbond substituents is 1. The highest BCUT2D eigenvalue weighted by molar-refractivity contribution is 5.62. The zero-order valence-electron chi connectivity index (χ0n) is 12.2. The second-order valence-electron chi connectivity index (χ2n) is 5.42. The third kappa shape index (κ3) is 3.06. The van der Waals surface area contributed by atoms with Crippen molar-refractivity contribution in [1.82, 2.24) is 0 Å². The van der Waals surface area contributed by atoms with Crippen molar-refractivity contribution in [3.05, 3.63) is 66.5 Å². The predicted molar refractivity (Wildman–Crippen MR) is 85.0 cm³/mol. The maximum absolute atomic E-state index is 13.0. The maximum Gasteiger partial charge on any atom is 0.146 e. The minimum atomic E-state index is -0.239. The summed E-state index contributed by atoms with van der Waals surface area (Å²) in [5.74, 6) is 0.608. The van der Waals surface area contributed by atoms with Gasteiger partial charge in [0.1, 0.15) is 23.4 Å². The molecule has 0 bridgehead atoms. The van der Waals surface area contributed by atoms with Gasteiger partial charge >= 0.3 is 0 Å². The van der Waals surface area contributed by atoms with Crippen molar-refractivity contribution in [2.45, 2.75) is 12.5 Å². The number of anilines is 1. The molecular weight excluding hydrogens is 281 g/mol. The molecule has 0 fully saturated rings. The van der Waals surface area contributed by atoms with E-state index in [1.165, 1.54) is 12.1 Å². The number of ether oxygens (including phenoxy) is 1. The quantitative estimate of drug-likeness (QED) is 0.877. The predicted octanol–water partition coefficient (Wildman–Crippen LogP) is 3.53. The van der Waals surface area contributed by atoms with Gasteiger partial charge < -0.3 is 14.7 Å². The number of fused-ring (bicyclic) bond motifs is 1. The van der Waals surface area contributed by atoms with Crippen molar-refractivity contribution in [1.29, 1.82) is 0 Å². The molecule has 2 aromatic carbocycles. The molecule has 1 aliphatic rings. The van der Waals surface area contributed by atoms with Crippen LogP contribution in [0, 0.1) is 5.82 Å². The molecule has 4 heteroatoms. The fourth-order valence-corrected chi connectivity index (χ4v) is 2.74. The molecule has 0 amide bonds. The molecule has 3 rings (SSSR count). The molecule has 0 aromatic heterocycles. The number of phenols is 1. The molecule has 1 unspecified atom stereocenters. The SMILES string of the molecule is C=CCN1CC(Cc2ccc(F)cc2)Oc2cc(O)ccc21. The second-order valence-corrected chi connectivity index (χ2v) is 5.42. The molecular formula is C18H18FNO2. The highest BCUT2D eigenvalue weighted by atomic mass is 19.1. The standard InChI is InChI=1S/C18H18FNO2/c1-2-9-20-12-16(10-13-3-5-14(19)6-4-13)22-18-11-15(21)7-8-17(18)20/h2-8,11,16,21H,1,9-10,12H2. The normalized spacial score (nSPS) is 16.8. The lowest BCUT2D eigenvalue weighted by Gasteiger charge is -2.36. The topological polar surface area (TPSA) is 32.7 Å². The van der Waals surface area contributed by atoms with Gasteiger partial charge in [-0.15, -0.1) is 6.58 Å². The first-order chi connectivity index (χ1) is 10.7. The largest absolute Gasteiger partial charge is 0.508 e. The lowest BCUT2D eigenvalue weighted by Crippen LogP contribution is -2.41. The molecule has 0 saturated heterocycles. The van der Waals surface area contributed by atoms with E-state index < -0.39 is 0 Å². The summed E-state index contributed by atoms with van der Waals surface area (Å²) in [4.78, 5) is 2.17. The van der Waals surface area contributed by atoms with Crippen LogP contribution in [-0.2, 0) is 6.42 Å². The van der Waals surface area contributed by atoms with Crippen molar-refractivity contribution in [2.24, 2.45) is 0 Å². The number of halogens is 1. The minimum Gasteiger partial charge on any atom is -0.508 e. The first-order valence-corrected chi connectivity index (χ1v) is 7.25. The molecule has 3 nitrogen and oxygen atoms in total. The highest BCUT2D eigenvalue weighted by Crippen LogP contribution is 2.36. The van der Waals surface area contributed by atoms with Crippen molar-refractivity contribution < 1.29 is 14.2 Å². The summed E-state index contributed by atoms with van der Waals surface area (Å²) >= 11 is 0. The van der Waals surface area contributed by atoms with Gasteiger partial charge in [-0.2, -0.15) is 0 Å². The minimum absolute atomic E-state index is 0.0558. The van der Waals surface area contributed by atoms with Crippen LogP contribution in [0.15, 0.2) is 55.1 Å². The van der Waals surface area contributed by atoms with Gasteiger partial charge in [-0.1, -0.05) is 18.2 Å². The van der Waals surface area contributed by atoms with Crippen molar-refractivity contribution in [3.63, 3.8) is 0 Å². The molecule has 0 saturated carbocycles. The second kappa shape index (κ2) is 6.10. The first-order valence-electron chi connectivity index (χ1n) is 7.25. The van der Waals surface area contributed by atoms with Crippen LogP contribution in [0.2, 0.25) is 0 Å². The van der Waals surface area contributed by atoms with Gasteiger partial charge in [-0.3, -0.25) is 0 Å². The lowest BCUT2D eigenvalue weighted by molar-refractivity contribution is 0.194. The molecule has 2 aromatic rings. The van der Waals surface area contributed by atoms with Gasteiger partial charge in [-0.05, 0) is 29.8 Å².